The molecule has 2 aliphatic rings. The van der Waals surface area contributed by atoms with E-state index in [1.165, 1.54) is 0 Å². The molecular weight excluding hydrogens is 246 g/mol. The SMILES string of the molecule is CCC(C)(OC)C(=O)NC1CCC2(CC1)OCCO2. The van der Waals surface area contributed by atoms with E-state index < -0.39 is 5.60 Å². The number of ether oxygens (including phenoxy) is 3. The number of amides is 1. The minimum atomic E-state index is -0.727. The predicted octanol–water partition coefficient (Wildman–Crippen LogP) is 1.60. The molecule has 1 N–H and O–H groups in total. The van der Waals surface area contributed by atoms with Crippen LogP contribution >= 0.6 is 0 Å². The summed E-state index contributed by atoms with van der Waals surface area (Å²) >= 11 is 0. The highest BCUT2D eigenvalue weighted by Gasteiger charge is 2.41. The van der Waals surface area contributed by atoms with Gasteiger partial charge in [-0.3, -0.25) is 4.79 Å². The Morgan fingerprint density at radius 1 is 1.37 bits per heavy atom. The molecule has 1 amide bonds. The van der Waals surface area contributed by atoms with Crippen LogP contribution in [0.25, 0.3) is 0 Å². The van der Waals surface area contributed by atoms with E-state index in [0.29, 0.717) is 19.6 Å². The Morgan fingerprint density at radius 3 is 2.42 bits per heavy atom. The van der Waals surface area contributed by atoms with Crippen LogP contribution in [0.1, 0.15) is 46.0 Å². The largest absolute Gasteiger partial charge is 0.369 e. The fraction of sp³-hybridized carbons (Fsp3) is 0.929. The van der Waals surface area contributed by atoms with Gasteiger partial charge in [-0.15, -0.1) is 0 Å². The number of carbonyl (C=O) groups is 1. The van der Waals surface area contributed by atoms with Crippen LogP contribution in [0.4, 0.5) is 0 Å². The van der Waals surface area contributed by atoms with Crippen molar-refractivity contribution in [1.29, 1.82) is 0 Å². The van der Waals surface area contributed by atoms with Gasteiger partial charge < -0.3 is 19.5 Å². The molecule has 1 aliphatic heterocycles. The lowest BCUT2D eigenvalue weighted by atomic mass is 9.89. The summed E-state index contributed by atoms with van der Waals surface area (Å²) in [6.07, 6.45) is 4.17. The number of nitrogens with one attached hydrogen (secondary N) is 1. The average molecular weight is 271 g/mol. The maximum Gasteiger partial charge on any atom is 0.252 e. The molecule has 0 aromatic rings. The summed E-state index contributed by atoms with van der Waals surface area (Å²) in [5.74, 6) is -0.386. The molecule has 1 spiro atoms. The summed E-state index contributed by atoms with van der Waals surface area (Å²) in [4.78, 5) is 12.2. The Morgan fingerprint density at radius 2 is 1.95 bits per heavy atom. The number of carbonyl (C=O) groups excluding carboxylic acids is 1. The fourth-order valence-electron chi connectivity index (χ4n) is 2.72. The number of hydrogen-bond acceptors (Lipinski definition) is 4. The smallest absolute Gasteiger partial charge is 0.252 e. The molecule has 2 fully saturated rings. The van der Waals surface area contributed by atoms with Crippen LogP contribution in [0.5, 0.6) is 0 Å². The van der Waals surface area contributed by atoms with E-state index in [1.807, 2.05) is 13.8 Å². The highest BCUT2D eigenvalue weighted by atomic mass is 16.7. The molecular formula is C14H25NO4. The molecule has 1 saturated carbocycles. The third kappa shape index (κ3) is 3.09. The van der Waals surface area contributed by atoms with Crippen molar-refractivity contribution in [2.75, 3.05) is 20.3 Å². The van der Waals surface area contributed by atoms with Crippen molar-refractivity contribution in [2.24, 2.45) is 0 Å². The maximum absolute atomic E-state index is 12.2. The minimum absolute atomic E-state index is 0.0216. The molecule has 5 heteroatoms. The lowest BCUT2D eigenvalue weighted by molar-refractivity contribution is -0.180. The second-order valence-electron chi connectivity index (χ2n) is 5.64. The zero-order valence-electron chi connectivity index (χ0n) is 12.2. The summed E-state index contributed by atoms with van der Waals surface area (Å²) in [7, 11) is 1.58. The van der Waals surface area contributed by atoms with Gasteiger partial charge in [0.1, 0.15) is 5.60 Å². The van der Waals surface area contributed by atoms with Crippen molar-refractivity contribution in [3.63, 3.8) is 0 Å². The molecule has 1 heterocycles. The van der Waals surface area contributed by atoms with Gasteiger partial charge in [0.15, 0.2) is 5.79 Å². The third-order valence-corrected chi connectivity index (χ3v) is 4.50. The molecule has 2 rings (SSSR count). The fourth-order valence-corrected chi connectivity index (χ4v) is 2.72. The first-order chi connectivity index (χ1) is 9.03. The van der Waals surface area contributed by atoms with E-state index in [1.54, 1.807) is 7.11 Å². The molecule has 1 unspecified atom stereocenters. The van der Waals surface area contributed by atoms with Crippen molar-refractivity contribution in [3.8, 4) is 0 Å². The van der Waals surface area contributed by atoms with Gasteiger partial charge in [-0.2, -0.15) is 0 Å². The monoisotopic (exact) mass is 271 g/mol. The Bertz CT molecular complexity index is 311. The molecule has 19 heavy (non-hydrogen) atoms. The van der Waals surface area contributed by atoms with Crippen molar-refractivity contribution in [3.05, 3.63) is 0 Å². The zero-order chi connectivity index (χ0) is 13.9. The molecule has 110 valence electrons. The normalized spacial score (nSPS) is 26.3. The van der Waals surface area contributed by atoms with Crippen LogP contribution in [0, 0.1) is 0 Å². The topological polar surface area (TPSA) is 56.8 Å². The van der Waals surface area contributed by atoms with Gasteiger partial charge in [0, 0.05) is 26.0 Å². The first-order valence-corrected chi connectivity index (χ1v) is 7.18. The maximum atomic E-state index is 12.2. The lowest BCUT2D eigenvalue weighted by Crippen LogP contribution is -2.51. The quantitative estimate of drug-likeness (QED) is 0.844. The summed E-state index contributed by atoms with van der Waals surface area (Å²) < 4.78 is 16.7. The molecule has 0 radical (unpaired) electrons. The van der Waals surface area contributed by atoms with Gasteiger partial charge in [-0.1, -0.05) is 6.92 Å². The lowest BCUT2D eigenvalue weighted by Gasteiger charge is -2.37. The van der Waals surface area contributed by atoms with Gasteiger partial charge in [0.05, 0.1) is 13.2 Å². The first kappa shape index (κ1) is 14.8. The second kappa shape index (κ2) is 5.77. The Balaban J connectivity index is 1.84. The van der Waals surface area contributed by atoms with Gasteiger partial charge in [0.25, 0.3) is 5.91 Å². The molecule has 1 saturated heterocycles. The van der Waals surface area contributed by atoms with E-state index in [0.717, 1.165) is 25.7 Å². The van der Waals surface area contributed by atoms with E-state index >= 15 is 0 Å². The standard InChI is InChI=1S/C14H25NO4/c1-4-13(2,17-3)12(16)15-11-5-7-14(8-6-11)18-9-10-19-14/h11H,4-10H2,1-3H3,(H,15,16). The molecule has 5 nitrogen and oxygen atoms in total. The van der Waals surface area contributed by atoms with Crippen molar-refractivity contribution in [2.45, 2.75) is 63.4 Å². The molecule has 0 bridgehead atoms. The summed E-state index contributed by atoms with van der Waals surface area (Å²) in [5.41, 5.74) is -0.727. The minimum Gasteiger partial charge on any atom is -0.369 e. The van der Waals surface area contributed by atoms with E-state index in [9.17, 15) is 4.79 Å². The van der Waals surface area contributed by atoms with Crippen LogP contribution in [-0.4, -0.2) is 43.7 Å². The Kier molecular flexibility index (Phi) is 4.48. The van der Waals surface area contributed by atoms with Crippen molar-refractivity contribution in [1.82, 2.24) is 5.32 Å². The molecule has 0 aromatic carbocycles. The van der Waals surface area contributed by atoms with Gasteiger partial charge in [-0.05, 0) is 26.2 Å². The van der Waals surface area contributed by atoms with Gasteiger partial charge in [0.2, 0.25) is 0 Å². The second-order valence-corrected chi connectivity index (χ2v) is 5.64. The van der Waals surface area contributed by atoms with Gasteiger partial charge >= 0.3 is 0 Å². The van der Waals surface area contributed by atoms with Crippen LogP contribution in [-0.2, 0) is 19.0 Å². The van der Waals surface area contributed by atoms with E-state index in [2.05, 4.69) is 5.32 Å². The van der Waals surface area contributed by atoms with Crippen molar-refractivity contribution >= 4 is 5.91 Å². The molecule has 0 aromatic heterocycles. The summed E-state index contributed by atoms with van der Waals surface area (Å²) in [6.45, 7) is 5.16. The number of rotatable bonds is 4. The Hall–Kier alpha value is -0.650. The third-order valence-electron chi connectivity index (χ3n) is 4.50. The Labute approximate surface area is 115 Å². The van der Waals surface area contributed by atoms with E-state index in [-0.39, 0.29) is 17.7 Å². The molecule has 1 aliphatic carbocycles. The van der Waals surface area contributed by atoms with Crippen LogP contribution in [0.2, 0.25) is 0 Å². The van der Waals surface area contributed by atoms with Crippen molar-refractivity contribution < 1.29 is 19.0 Å². The predicted molar refractivity (Wildman–Crippen MR) is 70.7 cm³/mol. The van der Waals surface area contributed by atoms with Crippen LogP contribution in [0.15, 0.2) is 0 Å². The highest BCUT2D eigenvalue weighted by Crippen LogP contribution is 2.35. The average Bonchev–Trinajstić information content (AvgIpc) is 2.89. The summed E-state index contributed by atoms with van der Waals surface area (Å²) in [6, 6.07) is 0.201. The molecule has 1 atom stereocenters. The van der Waals surface area contributed by atoms with Crippen LogP contribution < -0.4 is 5.32 Å². The highest BCUT2D eigenvalue weighted by molar-refractivity contribution is 5.84. The summed E-state index contributed by atoms with van der Waals surface area (Å²) in [5, 5.41) is 3.09. The number of hydrogen-bond donors (Lipinski definition) is 1. The zero-order valence-corrected chi connectivity index (χ0v) is 12.2. The number of methoxy groups -OCH3 is 1. The van der Waals surface area contributed by atoms with Crippen LogP contribution in [0.3, 0.4) is 0 Å². The van der Waals surface area contributed by atoms with Gasteiger partial charge in [-0.25, -0.2) is 0 Å². The first-order valence-electron chi connectivity index (χ1n) is 7.18. The van der Waals surface area contributed by atoms with E-state index in [4.69, 9.17) is 14.2 Å².